The van der Waals surface area contributed by atoms with Crippen molar-refractivity contribution in [2.45, 2.75) is 13.3 Å². The van der Waals surface area contributed by atoms with E-state index < -0.39 is 0 Å². The number of aromatic nitrogens is 3. The lowest BCUT2D eigenvalue weighted by Gasteiger charge is -1.97. The van der Waals surface area contributed by atoms with Gasteiger partial charge in [0, 0.05) is 19.9 Å². The van der Waals surface area contributed by atoms with Gasteiger partial charge in [-0.25, -0.2) is 0 Å². The van der Waals surface area contributed by atoms with Gasteiger partial charge in [-0.05, 0) is 6.92 Å². The predicted octanol–water partition coefficient (Wildman–Crippen LogP) is -0.0368. The maximum Gasteiger partial charge on any atom is 0.164 e. The van der Waals surface area contributed by atoms with Crippen LogP contribution in [0.1, 0.15) is 12.6 Å². The molecule has 0 N–H and O–H groups in total. The second-order valence-corrected chi connectivity index (χ2v) is 2.74. The molecule has 0 amide bonds. The molecular weight excluding hydrogens is 170 g/mol. The largest absolute Gasteiger partial charge is 0.374 e. The zero-order valence-corrected chi connectivity index (χ0v) is 7.86. The fourth-order valence-corrected chi connectivity index (χ4v) is 0.945. The first-order valence-corrected chi connectivity index (χ1v) is 4.17. The first kappa shape index (κ1) is 9.85. The van der Waals surface area contributed by atoms with Crippen LogP contribution < -0.4 is 0 Å². The fourth-order valence-electron chi connectivity index (χ4n) is 0.945. The highest BCUT2D eigenvalue weighted by Gasteiger charge is 2.06. The van der Waals surface area contributed by atoms with E-state index in [4.69, 9.17) is 4.74 Å². The molecule has 0 saturated carbocycles. The van der Waals surface area contributed by atoms with Gasteiger partial charge in [-0.2, -0.15) is 0 Å². The van der Waals surface area contributed by atoms with Gasteiger partial charge in [0.1, 0.15) is 6.61 Å². The number of rotatable bonds is 5. The molecule has 1 heterocycles. The lowest BCUT2D eigenvalue weighted by molar-refractivity contribution is -0.122. The van der Waals surface area contributed by atoms with E-state index in [1.165, 1.54) is 0 Å². The summed E-state index contributed by atoms with van der Waals surface area (Å²) >= 11 is 0. The van der Waals surface area contributed by atoms with Gasteiger partial charge in [-0.1, -0.05) is 5.21 Å². The topological polar surface area (TPSA) is 57.0 Å². The molecule has 1 aromatic heterocycles. The number of ketones is 1. The maximum absolute atomic E-state index is 11.2. The predicted molar refractivity (Wildman–Crippen MR) is 46.2 cm³/mol. The van der Waals surface area contributed by atoms with E-state index in [1.54, 1.807) is 17.9 Å². The van der Waals surface area contributed by atoms with Gasteiger partial charge in [0.05, 0.1) is 12.1 Å². The molecule has 0 aromatic carbocycles. The minimum Gasteiger partial charge on any atom is -0.374 e. The van der Waals surface area contributed by atoms with Crippen molar-refractivity contribution in [2.24, 2.45) is 7.05 Å². The standard InChI is InChI=1S/C8H13N3O2/c1-3-13-6-8(12)4-7-5-11(2)10-9-7/h5H,3-4,6H2,1-2H3. The van der Waals surface area contributed by atoms with Crippen LogP contribution >= 0.6 is 0 Å². The Labute approximate surface area is 76.7 Å². The van der Waals surface area contributed by atoms with Gasteiger partial charge in [0.2, 0.25) is 0 Å². The van der Waals surface area contributed by atoms with E-state index in [2.05, 4.69) is 10.3 Å². The smallest absolute Gasteiger partial charge is 0.164 e. The Hall–Kier alpha value is -1.23. The quantitative estimate of drug-likeness (QED) is 0.643. The van der Waals surface area contributed by atoms with Crippen LogP contribution in [0.2, 0.25) is 0 Å². The SMILES string of the molecule is CCOCC(=O)Cc1cn(C)nn1. The third-order valence-corrected chi connectivity index (χ3v) is 1.50. The molecule has 5 heteroatoms. The first-order valence-electron chi connectivity index (χ1n) is 4.17. The van der Waals surface area contributed by atoms with Crippen LogP contribution in [0.3, 0.4) is 0 Å². The minimum atomic E-state index is 0.0300. The van der Waals surface area contributed by atoms with Crippen molar-refractivity contribution in [3.63, 3.8) is 0 Å². The molecule has 1 rings (SSSR count). The van der Waals surface area contributed by atoms with Crippen LogP contribution in [0.15, 0.2) is 6.20 Å². The monoisotopic (exact) mass is 183 g/mol. The summed E-state index contributed by atoms with van der Waals surface area (Å²) in [7, 11) is 1.77. The fraction of sp³-hybridized carbons (Fsp3) is 0.625. The number of Topliss-reactive ketones (excluding diaryl/α,β-unsaturated/α-hetero) is 1. The summed E-state index contributed by atoms with van der Waals surface area (Å²) < 4.78 is 6.54. The molecule has 0 saturated heterocycles. The Morgan fingerprint density at radius 3 is 3.00 bits per heavy atom. The third kappa shape index (κ3) is 3.33. The van der Waals surface area contributed by atoms with Crippen molar-refractivity contribution >= 4 is 5.78 Å². The summed E-state index contributed by atoms with van der Waals surface area (Å²) in [4.78, 5) is 11.2. The Morgan fingerprint density at radius 2 is 2.46 bits per heavy atom. The second-order valence-electron chi connectivity index (χ2n) is 2.74. The van der Waals surface area contributed by atoms with Crippen molar-refractivity contribution in [1.82, 2.24) is 15.0 Å². The zero-order chi connectivity index (χ0) is 9.68. The number of carbonyl (C=O) groups excluding carboxylic acids is 1. The van der Waals surface area contributed by atoms with Crippen molar-refractivity contribution in [1.29, 1.82) is 0 Å². The van der Waals surface area contributed by atoms with Crippen molar-refractivity contribution in [2.75, 3.05) is 13.2 Å². The van der Waals surface area contributed by atoms with Crippen LogP contribution in [0, 0.1) is 0 Å². The van der Waals surface area contributed by atoms with E-state index >= 15 is 0 Å². The molecule has 0 spiro atoms. The summed E-state index contributed by atoms with van der Waals surface area (Å²) in [6.07, 6.45) is 2.03. The molecule has 1 aromatic rings. The van der Waals surface area contributed by atoms with Crippen LogP contribution in [0.5, 0.6) is 0 Å². The molecule has 0 unspecified atom stereocenters. The average molecular weight is 183 g/mol. The molecule has 0 bridgehead atoms. The highest BCUT2D eigenvalue weighted by Crippen LogP contribution is 1.94. The first-order chi connectivity index (χ1) is 6.22. The molecule has 0 aliphatic heterocycles. The summed E-state index contributed by atoms with van der Waals surface area (Å²) in [6, 6.07) is 0. The lowest BCUT2D eigenvalue weighted by atomic mass is 10.2. The molecule has 5 nitrogen and oxygen atoms in total. The molecule has 0 fully saturated rings. The number of aryl methyl sites for hydroxylation is 1. The number of carbonyl (C=O) groups is 1. The minimum absolute atomic E-state index is 0.0300. The van der Waals surface area contributed by atoms with Crippen molar-refractivity contribution < 1.29 is 9.53 Å². The molecule has 0 radical (unpaired) electrons. The molecule has 0 aliphatic rings. The Bertz CT molecular complexity index is 283. The summed E-state index contributed by atoms with van der Waals surface area (Å²) in [5.41, 5.74) is 0.687. The Morgan fingerprint density at radius 1 is 1.69 bits per heavy atom. The summed E-state index contributed by atoms with van der Waals surface area (Å²) in [6.45, 7) is 2.58. The van der Waals surface area contributed by atoms with Crippen LogP contribution in [-0.4, -0.2) is 34.0 Å². The molecule has 0 atom stereocenters. The highest BCUT2D eigenvalue weighted by atomic mass is 16.5. The number of hydrogen-bond donors (Lipinski definition) is 0. The van der Waals surface area contributed by atoms with Crippen LogP contribution in [0.4, 0.5) is 0 Å². The molecule has 72 valence electrons. The van der Waals surface area contributed by atoms with Crippen LogP contribution in [-0.2, 0) is 23.0 Å². The summed E-state index contributed by atoms with van der Waals surface area (Å²) in [5.74, 6) is 0.0300. The molecule has 0 aliphatic carbocycles. The van der Waals surface area contributed by atoms with Crippen molar-refractivity contribution in [3.05, 3.63) is 11.9 Å². The van der Waals surface area contributed by atoms with E-state index in [9.17, 15) is 4.79 Å². The maximum atomic E-state index is 11.2. The second kappa shape index (κ2) is 4.71. The average Bonchev–Trinajstić information content (AvgIpc) is 2.48. The normalized spacial score (nSPS) is 10.3. The lowest BCUT2D eigenvalue weighted by Crippen LogP contribution is -2.11. The molecular formula is C8H13N3O2. The van der Waals surface area contributed by atoms with Gasteiger partial charge in [-0.3, -0.25) is 9.48 Å². The number of hydrogen-bond acceptors (Lipinski definition) is 4. The number of ether oxygens (including phenoxy) is 1. The zero-order valence-electron chi connectivity index (χ0n) is 7.86. The van der Waals surface area contributed by atoms with E-state index in [1.807, 2.05) is 6.92 Å². The van der Waals surface area contributed by atoms with Crippen LogP contribution in [0.25, 0.3) is 0 Å². The third-order valence-electron chi connectivity index (χ3n) is 1.50. The van der Waals surface area contributed by atoms with E-state index in [0.717, 1.165) is 0 Å². The van der Waals surface area contributed by atoms with Gasteiger partial charge in [0.15, 0.2) is 5.78 Å². The van der Waals surface area contributed by atoms with Gasteiger partial charge in [0.25, 0.3) is 0 Å². The van der Waals surface area contributed by atoms with E-state index in [-0.39, 0.29) is 12.4 Å². The van der Waals surface area contributed by atoms with E-state index in [0.29, 0.717) is 18.7 Å². The Balaban J connectivity index is 2.36. The van der Waals surface area contributed by atoms with Gasteiger partial charge < -0.3 is 4.74 Å². The number of nitrogens with zero attached hydrogens (tertiary/aromatic N) is 3. The Kier molecular flexibility index (Phi) is 3.57. The van der Waals surface area contributed by atoms with Gasteiger partial charge >= 0.3 is 0 Å². The van der Waals surface area contributed by atoms with Crippen molar-refractivity contribution in [3.8, 4) is 0 Å². The van der Waals surface area contributed by atoms with Gasteiger partial charge in [-0.15, -0.1) is 5.10 Å². The highest BCUT2D eigenvalue weighted by molar-refractivity contribution is 5.81. The summed E-state index contributed by atoms with van der Waals surface area (Å²) in [5, 5.41) is 7.52. The molecule has 13 heavy (non-hydrogen) atoms.